The van der Waals surface area contributed by atoms with Crippen LogP contribution in [0.2, 0.25) is 0 Å². The van der Waals surface area contributed by atoms with E-state index in [1.165, 1.54) is 81.4 Å². The van der Waals surface area contributed by atoms with E-state index in [0.29, 0.717) is 0 Å². The molecule has 7 aromatic rings. The van der Waals surface area contributed by atoms with Crippen molar-refractivity contribution in [3.8, 4) is 33.4 Å². The van der Waals surface area contributed by atoms with Crippen molar-refractivity contribution < 1.29 is 0 Å². The minimum absolute atomic E-state index is 0.243. The maximum atomic E-state index is 2.47. The van der Waals surface area contributed by atoms with Gasteiger partial charge in [-0.2, -0.15) is 0 Å². The number of hydrogen-bond acceptors (Lipinski definition) is 1. The van der Waals surface area contributed by atoms with Crippen LogP contribution in [0, 0.1) is 0 Å². The lowest BCUT2D eigenvalue weighted by Crippen LogP contribution is -2.22. The second-order valence-electron chi connectivity index (χ2n) is 11.4. The lowest BCUT2D eigenvalue weighted by atomic mass is 9.73. The molecule has 1 aliphatic heterocycles. The van der Waals surface area contributed by atoms with Crippen LogP contribution in [0.5, 0.6) is 0 Å². The van der Waals surface area contributed by atoms with Gasteiger partial charge in [0.25, 0.3) is 0 Å². The predicted molar refractivity (Wildman–Crippen MR) is 174 cm³/mol. The van der Waals surface area contributed by atoms with E-state index in [-0.39, 0.29) is 5.41 Å². The fourth-order valence-electron chi connectivity index (χ4n) is 7.30. The Hall–Kier alpha value is -4.59. The van der Waals surface area contributed by atoms with Crippen LogP contribution >= 0.6 is 11.8 Å². The smallest absolute Gasteiger partial charge is 0.0435 e. The Morgan fingerprint density at radius 3 is 2.05 bits per heavy atom. The maximum absolute atomic E-state index is 2.47. The van der Waals surface area contributed by atoms with Gasteiger partial charge in [-0.1, -0.05) is 121 Å². The van der Waals surface area contributed by atoms with Gasteiger partial charge in [0.15, 0.2) is 0 Å². The predicted octanol–water partition coefficient (Wildman–Crippen LogP) is 11.1. The summed E-state index contributed by atoms with van der Waals surface area (Å²) >= 11 is 1.89. The third kappa shape index (κ3) is 3.18. The second-order valence-corrected chi connectivity index (χ2v) is 12.5. The second kappa shape index (κ2) is 8.46. The van der Waals surface area contributed by atoms with E-state index in [2.05, 4.69) is 146 Å². The van der Waals surface area contributed by atoms with Crippen LogP contribution in [0.3, 0.4) is 0 Å². The molecule has 0 saturated carbocycles. The molecular weight excluding hydrogens is 513 g/mol. The molecule has 0 aromatic heterocycles. The van der Waals surface area contributed by atoms with Crippen LogP contribution in [0.1, 0.15) is 23.6 Å². The zero-order valence-corrected chi connectivity index (χ0v) is 23.5. The molecule has 1 heterocycles. The number of hydrogen-bond donors (Lipinski definition) is 0. The Balaban J connectivity index is 1.30. The molecule has 0 fully saturated rings. The zero-order valence-electron chi connectivity index (χ0n) is 22.7. The normalized spacial score (nSPS) is 16.4. The molecule has 41 heavy (non-hydrogen) atoms. The fraction of sp³-hybridized carbons (Fsp3) is 0.0500. The molecule has 0 saturated heterocycles. The molecule has 2 aliphatic rings. The minimum Gasteiger partial charge on any atom is -0.0888 e. The highest BCUT2D eigenvalue weighted by Gasteiger charge is 2.41. The minimum atomic E-state index is -0.243. The van der Waals surface area contributed by atoms with E-state index in [0.717, 1.165) is 0 Å². The van der Waals surface area contributed by atoms with E-state index >= 15 is 0 Å². The third-order valence-electron chi connectivity index (χ3n) is 9.33. The molecule has 0 nitrogen and oxygen atoms in total. The van der Waals surface area contributed by atoms with Gasteiger partial charge in [-0.25, -0.2) is 0 Å². The molecule has 1 unspecified atom stereocenters. The van der Waals surface area contributed by atoms with E-state index in [4.69, 9.17) is 0 Å². The zero-order chi connectivity index (χ0) is 27.1. The molecule has 9 rings (SSSR count). The van der Waals surface area contributed by atoms with E-state index in [1.54, 1.807) is 0 Å². The fourth-order valence-corrected chi connectivity index (χ4v) is 8.43. The van der Waals surface area contributed by atoms with Gasteiger partial charge < -0.3 is 0 Å². The van der Waals surface area contributed by atoms with Crippen molar-refractivity contribution in [1.82, 2.24) is 0 Å². The molecule has 0 spiro atoms. The van der Waals surface area contributed by atoms with Crippen molar-refractivity contribution in [1.29, 1.82) is 0 Å². The Morgan fingerprint density at radius 2 is 1.17 bits per heavy atom. The highest BCUT2D eigenvalue weighted by atomic mass is 32.2. The van der Waals surface area contributed by atoms with E-state index < -0.39 is 0 Å². The van der Waals surface area contributed by atoms with Crippen molar-refractivity contribution >= 4 is 33.3 Å². The molecule has 0 radical (unpaired) electrons. The van der Waals surface area contributed by atoms with Crippen molar-refractivity contribution in [3.63, 3.8) is 0 Å². The molecule has 1 atom stereocenters. The van der Waals surface area contributed by atoms with Gasteiger partial charge in [0.05, 0.1) is 0 Å². The first kappa shape index (κ1) is 23.1. The molecule has 192 valence electrons. The quantitative estimate of drug-likeness (QED) is 0.211. The van der Waals surface area contributed by atoms with Crippen molar-refractivity contribution in [2.45, 2.75) is 22.1 Å². The van der Waals surface area contributed by atoms with Gasteiger partial charge in [0.2, 0.25) is 0 Å². The summed E-state index contributed by atoms with van der Waals surface area (Å²) in [7, 11) is 0. The third-order valence-corrected chi connectivity index (χ3v) is 10.5. The van der Waals surface area contributed by atoms with Crippen molar-refractivity contribution in [2.75, 3.05) is 0 Å². The molecule has 1 heteroatoms. The Bertz CT molecular complexity index is 2190. The number of fused-ring (bicyclic) bond motifs is 6. The van der Waals surface area contributed by atoms with Crippen LogP contribution in [0.25, 0.3) is 54.9 Å². The van der Waals surface area contributed by atoms with Crippen LogP contribution < -0.4 is 0 Å². The summed E-state index contributed by atoms with van der Waals surface area (Å²) in [6.45, 7) is 2.41. The number of benzene rings is 7. The Morgan fingerprint density at radius 1 is 0.463 bits per heavy atom. The Labute approximate surface area is 244 Å². The highest BCUT2D eigenvalue weighted by Crippen LogP contribution is 2.55. The average molecular weight is 539 g/mol. The summed E-state index contributed by atoms with van der Waals surface area (Å²) in [4.78, 5) is 2.67. The van der Waals surface area contributed by atoms with Crippen LogP contribution in [-0.4, -0.2) is 0 Å². The number of rotatable bonds is 2. The summed E-state index contributed by atoms with van der Waals surface area (Å²) in [6.07, 6.45) is 0. The lowest BCUT2D eigenvalue weighted by Gasteiger charge is -2.29. The summed E-state index contributed by atoms with van der Waals surface area (Å²) < 4.78 is 0. The molecule has 1 aliphatic carbocycles. The van der Waals surface area contributed by atoms with E-state index in [1.807, 2.05) is 11.8 Å². The topological polar surface area (TPSA) is 0 Å². The van der Waals surface area contributed by atoms with Crippen LogP contribution in [0.15, 0.2) is 149 Å². The van der Waals surface area contributed by atoms with Gasteiger partial charge >= 0.3 is 0 Å². The lowest BCUT2D eigenvalue weighted by molar-refractivity contribution is 0.715. The van der Waals surface area contributed by atoms with E-state index in [9.17, 15) is 0 Å². The molecule has 7 aromatic carbocycles. The van der Waals surface area contributed by atoms with Gasteiger partial charge in [-0.05, 0) is 103 Å². The maximum Gasteiger partial charge on any atom is 0.0435 e. The monoisotopic (exact) mass is 538 g/mol. The summed E-state index contributed by atoms with van der Waals surface area (Å²) in [6, 6.07) is 52.0. The summed E-state index contributed by atoms with van der Waals surface area (Å²) in [5, 5.41) is 5.28. The highest BCUT2D eigenvalue weighted by molar-refractivity contribution is 7.99. The van der Waals surface area contributed by atoms with Crippen LogP contribution in [0.4, 0.5) is 0 Å². The Kier molecular flexibility index (Phi) is 4.77. The first-order valence-corrected chi connectivity index (χ1v) is 15.1. The first-order chi connectivity index (χ1) is 20.2. The summed E-state index contributed by atoms with van der Waals surface area (Å²) in [5.74, 6) is 0. The largest absolute Gasteiger partial charge is 0.0888 e. The van der Waals surface area contributed by atoms with Crippen LogP contribution in [-0.2, 0) is 5.41 Å². The standard InChI is InChI=1S/C40H26S/c1-40(28-12-3-2-4-13-28)35-24-27(18-19-30(35)34-22-25-10-5-6-11-26(25)23-36(34)40)29-20-21-38-39-32(29)15-9-16-33(39)31-14-7-8-17-37(31)41-38/h2-24H,1H3. The van der Waals surface area contributed by atoms with Crippen molar-refractivity contribution in [3.05, 3.63) is 156 Å². The molecular formula is C40H26S. The average Bonchev–Trinajstić information content (AvgIpc) is 3.28. The molecule has 0 N–H and O–H groups in total. The molecule has 0 amide bonds. The van der Waals surface area contributed by atoms with Gasteiger partial charge in [0, 0.05) is 20.6 Å². The van der Waals surface area contributed by atoms with Gasteiger partial charge in [-0.15, -0.1) is 0 Å². The van der Waals surface area contributed by atoms with Gasteiger partial charge in [-0.3, -0.25) is 0 Å². The van der Waals surface area contributed by atoms with Crippen molar-refractivity contribution in [2.24, 2.45) is 0 Å². The first-order valence-electron chi connectivity index (χ1n) is 14.3. The SMILES string of the molecule is CC1(c2ccccc2)c2cc(-c3ccc4c5c(cccc35)-c3ccccc3S4)ccc2-c2cc3ccccc3cc21. The molecule has 0 bridgehead atoms. The summed E-state index contributed by atoms with van der Waals surface area (Å²) in [5.41, 5.74) is 11.8. The van der Waals surface area contributed by atoms with Gasteiger partial charge in [0.1, 0.15) is 0 Å².